The summed E-state index contributed by atoms with van der Waals surface area (Å²) in [4.78, 5) is 27.3. The van der Waals surface area contributed by atoms with Gasteiger partial charge in [-0.1, -0.05) is 42.5 Å². The van der Waals surface area contributed by atoms with Crippen molar-refractivity contribution in [3.05, 3.63) is 78.4 Å². The van der Waals surface area contributed by atoms with Crippen LogP contribution in [0, 0.1) is 0 Å². The lowest BCUT2D eigenvalue weighted by Crippen LogP contribution is -2.48. The van der Waals surface area contributed by atoms with Crippen LogP contribution in [0.1, 0.15) is 24.2 Å². The van der Waals surface area contributed by atoms with Crippen molar-refractivity contribution in [1.82, 2.24) is 4.90 Å². The number of rotatable bonds is 6. The molecule has 0 aliphatic carbocycles. The minimum atomic E-state index is -0.279. The van der Waals surface area contributed by atoms with E-state index in [0.717, 1.165) is 11.1 Å². The number of phenols is 1. The summed E-state index contributed by atoms with van der Waals surface area (Å²) in [6.07, 6.45) is 0.121. The number of phenolic OH excluding ortho intramolecular Hbond substituents is 1. The Morgan fingerprint density at radius 1 is 0.912 bits per heavy atom. The lowest BCUT2D eigenvalue weighted by molar-refractivity contribution is -0.121. The summed E-state index contributed by atoms with van der Waals surface area (Å²) < 4.78 is 5.70. The van der Waals surface area contributed by atoms with Gasteiger partial charge in [-0.3, -0.25) is 14.5 Å². The Labute approximate surface area is 199 Å². The summed E-state index contributed by atoms with van der Waals surface area (Å²) in [5.74, 6) is -0.585. The van der Waals surface area contributed by atoms with Crippen LogP contribution in [0.15, 0.2) is 72.8 Å². The average Bonchev–Trinajstić information content (AvgIpc) is 2.81. The SMILES string of the molecule is CC1CN(CC(=O)Nc2cc(NC(=O)c3ccc(-c4ccccc4)cc3)ccc2O)CC(C)O1. The van der Waals surface area contributed by atoms with Crippen molar-refractivity contribution in [2.75, 3.05) is 30.3 Å². The molecule has 0 aromatic heterocycles. The number of aromatic hydroxyl groups is 1. The van der Waals surface area contributed by atoms with Crippen LogP contribution in [0.3, 0.4) is 0 Å². The highest BCUT2D eigenvalue weighted by Crippen LogP contribution is 2.27. The number of carbonyl (C=O) groups is 2. The fourth-order valence-corrected chi connectivity index (χ4v) is 4.17. The van der Waals surface area contributed by atoms with Crippen LogP contribution < -0.4 is 10.6 Å². The van der Waals surface area contributed by atoms with Gasteiger partial charge in [-0.15, -0.1) is 0 Å². The van der Waals surface area contributed by atoms with E-state index < -0.39 is 0 Å². The van der Waals surface area contributed by atoms with E-state index in [9.17, 15) is 14.7 Å². The number of ether oxygens (including phenoxy) is 1. The standard InChI is InChI=1S/C27H29N3O4/c1-18-15-30(16-19(2)34-18)17-26(32)29-24-14-23(12-13-25(24)31)28-27(33)22-10-8-21(9-11-22)20-6-4-3-5-7-20/h3-14,18-19,31H,15-17H2,1-2H3,(H,28,33)(H,29,32). The molecule has 34 heavy (non-hydrogen) atoms. The molecule has 4 rings (SSSR count). The van der Waals surface area contributed by atoms with Gasteiger partial charge in [0.05, 0.1) is 24.4 Å². The molecule has 2 unspecified atom stereocenters. The van der Waals surface area contributed by atoms with Crippen LogP contribution in [-0.2, 0) is 9.53 Å². The predicted molar refractivity (Wildman–Crippen MR) is 133 cm³/mol. The van der Waals surface area contributed by atoms with E-state index in [-0.39, 0.29) is 42.0 Å². The van der Waals surface area contributed by atoms with Gasteiger partial charge in [-0.2, -0.15) is 0 Å². The maximum absolute atomic E-state index is 12.7. The number of amides is 2. The molecule has 1 aliphatic heterocycles. The monoisotopic (exact) mass is 459 g/mol. The van der Waals surface area contributed by atoms with E-state index in [2.05, 4.69) is 10.6 Å². The van der Waals surface area contributed by atoms with Gasteiger partial charge in [0.15, 0.2) is 0 Å². The van der Waals surface area contributed by atoms with Crippen molar-refractivity contribution in [3.8, 4) is 16.9 Å². The fraction of sp³-hybridized carbons (Fsp3) is 0.259. The normalized spacial score (nSPS) is 18.3. The molecular weight excluding hydrogens is 430 g/mol. The topological polar surface area (TPSA) is 90.9 Å². The zero-order chi connectivity index (χ0) is 24.1. The largest absolute Gasteiger partial charge is 0.506 e. The number of hydrogen-bond acceptors (Lipinski definition) is 5. The lowest BCUT2D eigenvalue weighted by Gasteiger charge is -2.34. The highest BCUT2D eigenvalue weighted by molar-refractivity contribution is 6.05. The van der Waals surface area contributed by atoms with Gasteiger partial charge in [0, 0.05) is 24.3 Å². The maximum atomic E-state index is 12.7. The van der Waals surface area contributed by atoms with Crippen LogP contribution in [0.2, 0.25) is 0 Å². The van der Waals surface area contributed by atoms with E-state index in [0.29, 0.717) is 24.3 Å². The molecular formula is C27H29N3O4. The average molecular weight is 460 g/mol. The number of anilines is 2. The zero-order valence-electron chi connectivity index (χ0n) is 19.3. The van der Waals surface area contributed by atoms with Gasteiger partial charge in [0.25, 0.3) is 5.91 Å². The van der Waals surface area contributed by atoms with Crippen LogP contribution >= 0.6 is 0 Å². The number of nitrogens with zero attached hydrogens (tertiary/aromatic N) is 1. The molecule has 1 heterocycles. The van der Waals surface area contributed by atoms with Gasteiger partial charge in [0.2, 0.25) is 5.91 Å². The predicted octanol–water partition coefficient (Wildman–Crippen LogP) is 4.36. The molecule has 7 nitrogen and oxygen atoms in total. The Hall–Kier alpha value is -3.68. The lowest BCUT2D eigenvalue weighted by atomic mass is 10.0. The van der Waals surface area contributed by atoms with Gasteiger partial charge in [0.1, 0.15) is 5.75 Å². The van der Waals surface area contributed by atoms with E-state index in [1.54, 1.807) is 24.3 Å². The Balaban J connectivity index is 1.38. The molecule has 0 bridgehead atoms. The highest BCUT2D eigenvalue weighted by atomic mass is 16.5. The smallest absolute Gasteiger partial charge is 0.255 e. The first-order valence-corrected chi connectivity index (χ1v) is 11.3. The zero-order valence-corrected chi connectivity index (χ0v) is 19.3. The summed E-state index contributed by atoms with van der Waals surface area (Å²) in [6, 6.07) is 21.9. The molecule has 7 heteroatoms. The highest BCUT2D eigenvalue weighted by Gasteiger charge is 2.24. The van der Waals surface area contributed by atoms with Gasteiger partial charge >= 0.3 is 0 Å². The first kappa shape index (κ1) is 23.5. The molecule has 0 saturated carbocycles. The molecule has 0 radical (unpaired) electrons. The molecule has 1 aliphatic rings. The number of hydrogen-bond donors (Lipinski definition) is 3. The van der Waals surface area contributed by atoms with Crippen LogP contribution in [0.4, 0.5) is 11.4 Å². The Bertz CT molecular complexity index is 1140. The first-order chi connectivity index (χ1) is 16.4. The number of benzene rings is 3. The third kappa shape index (κ3) is 6.01. The van der Waals surface area contributed by atoms with Crippen molar-refractivity contribution in [2.24, 2.45) is 0 Å². The van der Waals surface area contributed by atoms with Crippen molar-refractivity contribution < 1.29 is 19.4 Å². The van der Waals surface area contributed by atoms with E-state index >= 15 is 0 Å². The summed E-state index contributed by atoms with van der Waals surface area (Å²) in [5.41, 5.74) is 3.33. The summed E-state index contributed by atoms with van der Waals surface area (Å²) >= 11 is 0. The maximum Gasteiger partial charge on any atom is 0.255 e. The minimum absolute atomic E-state index is 0.0604. The fourth-order valence-electron chi connectivity index (χ4n) is 4.17. The quantitative estimate of drug-likeness (QED) is 0.376. The van der Waals surface area contributed by atoms with Crippen LogP contribution in [0.25, 0.3) is 11.1 Å². The number of nitrogens with one attached hydrogen (secondary N) is 2. The van der Waals surface area contributed by atoms with Gasteiger partial charge < -0.3 is 20.5 Å². The second-order valence-electron chi connectivity index (χ2n) is 8.63. The second-order valence-corrected chi connectivity index (χ2v) is 8.63. The molecule has 2 atom stereocenters. The summed E-state index contributed by atoms with van der Waals surface area (Å²) in [7, 11) is 0. The molecule has 1 saturated heterocycles. The Morgan fingerprint density at radius 2 is 1.56 bits per heavy atom. The number of carbonyl (C=O) groups excluding carboxylic acids is 2. The van der Waals surface area contributed by atoms with Gasteiger partial charge in [-0.05, 0) is 55.3 Å². The third-order valence-electron chi connectivity index (χ3n) is 5.65. The molecule has 3 N–H and O–H groups in total. The first-order valence-electron chi connectivity index (χ1n) is 11.3. The number of morpholine rings is 1. The minimum Gasteiger partial charge on any atom is -0.506 e. The van der Waals surface area contributed by atoms with Crippen LogP contribution in [-0.4, -0.2) is 53.7 Å². The summed E-state index contributed by atoms with van der Waals surface area (Å²) in [6.45, 7) is 5.50. The van der Waals surface area contributed by atoms with E-state index in [1.165, 1.54) is 6.07 Å². The van der Waals surface area contributed by atoms with Crippen molar-refractivity contribution in [3.63, 3.8) is 0 Å². The Kier molecular flexibility index (Phi) is 7.25. The summed E-state index contributed by atoms with van der Waals surface area (Å²) in [5, 5.41) is 15.8. The van der Waals surface area contributed by atoms with Crippen molar-refractivity contribution in [2.45, 2.75) is 26.1 Å². The molecule has 2 amide bonds. The molecule has 1 fully saturated rings. The molecule has 3 aromatic carbocycles. The molecule has 0 spiro atoms. The Morgan fingerprint density at radius 3 is 2.24 bits per heavy atom. The van der Waals surface area contributed by atoms with Crippen molar-refractivity contribution >= 4 is 23.2 Å². The van der Waals surface area contributed by atoms with E-state index in [4.69, 9.17) is 4.74 Å². The third-order valence-corrected chi connectivity index (χ3v) is 5.65. The molecule has 3 aromatic rings. The van der Waals surface area contributed by atoms with Crippen molar-refractivity contribution in [1.29, 1.82) is 0 Å². The van der Waals surface area contributed by atoms with E-state index in [1.807, 2.05) is 61.2 Å². The second kappa shape index (κ2) is 10.5. The van der Waals surface area contributed by atoms with Crippen LogP contribution in [0.5, 0.6) is 5.75 Å². The molecule has 176 valence electrons. The van der Waals surface area contributed by atoms with Gasteiger partial charge in [-0.25, -0.2) is 0 Å².